The smallest absolute Gasteiger partial charge is 0.328 e. The fourth-order valence-electron chi connectivity index (χ4n) is 2.19. The van der Waals surface area contributed by atoms with E-state index in [-0.39, 0.29) is 17.0 Å². The summed E-state index contributed by atoms with van der Waals surface area (Å²) >= 11 is 0. The molecule has 1 heterocycles. The first kappa shape index (κ1) is 13.3. The van der Waals surface area contributed by atoms with E-state index in [1.165, 1.54) is 12.1 Å². The van der Waals surface area contributed by atoms with Crippen LogP contribution in [0.2, 0.25) is 0 Å². The summed E-state index contributed by atoms with van der Waals surface area (Å²) in [6.07, 6.45) is 2.15. The van der Waals surface area contributed by atoms with Crippen molar-refractivity contribution in [3.63, 3.8) is 0 Å². The summed E-state index contributed by atoms with van der Waals surface area (Å²) in [4.78, 5) is 10.5. The van der Waals surface area contributed by atoms with Gasteiger partial charge in [-0.15, -0.1) is 0 Å². The third kappa shape index (κ3) is 3.20. The Labute approximate surface area is 111 Å². The number of nitriles is 1. The van der Waals surface area contributed by atoms with Gasteiger partial charge in [0.05, 0.1) is 11.5 Å². The van der Waals surface area contributed by atoms with Crippen molar-refractivity contribution in [1.82, 2.24) is 5.32 Å². The van der Waals surface area contributed by atoms with Crippen LogP contribution in [0.4, 0.5) is 5.69 Å². The Morgan fingerprint density at radius 2 is 2.42 bits per heavy atom. The van der Waals surface area contributed by atoms with Crippen molar-refractivity contribution < 1.29 is 9.66 Å². The number of rotatable bonds is 4. The largest absolute Gasteiger partial charge is 0.486 e. The number of ether oxygens (including phenoxy) is 1. The highest BCUT2D eigenvalue weighted by Crippen LogP contribution is 2.30. The second-order valence-corrected chi connectivity index (χ2v) is 4.54. The molecule has 1 aromatic rings. The zero-order valence-electron chi connectivity index (χ0n) is 10.5. The summed E-state index contributed by atoms with van der Waals surface area (Å²) in [5.74, 6) is 0.536. The molecular weight excluding hydrogens is 246 g/mol. The van der Waals surface area contributed by atoms with Gasteiger partial charge in [-0.1, -0.05) is 6.07 Å². The number of nitrogens with one attached hydrogen (secondary N) is 1. The quantitative estimate of drug-likeness (QED) is 0.660. The van der Waals surface area contributed by atoms with Gasteiger partial charge in [-0.05, 0) is 31.5 Å². The minimum atomic E-state index is -0.562. The van der Waals surface area contributed by atoms with Crippen molar-refractivity contribution in [3.05, 3.63) is 33.9 Å². The highest BCUT2D eigenvalue weighted by Gasteiger charge is 2.22. The number of nitrogens with zero attached hydrogens (tertiary/aromatic N) is 2. The molecule has 1 N–H and O–H groups in total. The summed E-state index contributed by atoms with van der Waals surface area (Å²) < 4.78 is 5.55. The number of nitro groups is 1. The zero-order chi connectivity index (χ0) is 13.7. The SMILES string of the molecule is N#Cc1cccc(OCC2CCCNC2)c1[N+](=O)[O-]. The third-order valence-electron chi connectivity index (χ3n) is 3.18. The normalized spacial score (nSPS) is 18.6. The van der Waals surface area contributed by atoms with Gasteiger partial charge in [0.2, 0.25) is 0 Å². The molecule has 6 heteroatoms. The molecule has 1 aromatic carbocycles. The van der Waals surface area contributed by atoms with E-state index in [0.717, 1.165) is 25.9 Å². The highest BCUT2D eigenvalue weighted by atomic mass is 16.6. The number of para-hydroxylation sites is 1. The molecule has 1 unspecified atom stereocenters. The molecule has 0 radical (unpaired) electrons. The number of nitro benzene ring substituents is 1. The van der Waals surface area contributed by atoms with Crippen molar-refractivity contribution in [2.45, 2.75) is 12.8 Å². The lowest BCUT2D eigenvalue weighted by atomic mass is 10.0. The first-order chi connectivity index (χ1) is 9.22. The Morgan fingerprint density at radius 1 is 1.58 bits per heavy atom. The van der Waals surface area contributed by atoms with Gasteiger partial charge in [0.25, 0.3) is 0 Å². The van der Waals surface area contributed by atoms with Crippen LogP contribution < -0.4 is 10.1 Å². The van der Waals surface area contributed by atoms with Gasteiger partial charge in [0.15, 0.2) is 5.75 Å². The molecule has 19 heavy (non-hydrogen) atoms. The Kier molecular flexibility index (Phi) is 4.31. The second-order valence-electron chi connectivity index (χ2n) is 4.54. The fourth-order valence-corrected chi connectivity index (χ4v) is 2.19. The minimum absolute atomic E-state index is 0.0317. The molecule has 0 spiro atoms. The number of hydrogen-bond donors (Lipinski definition) is 1. The lowest BCUT2D eigenvalue weighted by molar-refractivity contribution is -0.386. The molecule has 2 rings (SSSR count). The van der Waals surface area contributed by atoms with Gasteiger partial charge < -0.3 is 10.1 Å². The summed E-state index contributed by atoms with van der Waals surface area (Å²) in [5, 5.41) is 23.2. The lowest BCUT2D eigenvalue weighted by Gasteiger charge is -2.22. The molecule has 0 bridgehead atoms. The van der Waals surface area contributed by atoms with E-state index >= 15 is 0 Å². The predicted octanol–water partition coefficient (Wildman–Crippen LogP) is 1.84. The van der Waals surface area contributed by atoms with Gasteiger partial charge in [-0.2, -0.15) is 5.26 Å². The first-order valence-corrected chi connectivity index (χ1v) is 6.23. The molecule has 1 fully saturated rings. The van der Waals surface area contributed by atoms with Crippen molar-refractivity contribution in [3.8, 4) is 11.8 Å². The van der Waals surface area contributed by atoms with Crippen LogP contribution in [0, 0.1) is 27.4 Å². The molecule has 0 saturated carbocycles. The van der Waals surface area contributed by atoms with E-state index in [4.69, 9.17) is 10.00 Å². The third-order valence-corrected chi connectivity index (χ3v) is 3.18. The van der Waals surface area contributed by atoms with Crippen LogP contribution in [0.1, 0.15) is 18.4 Å². The number of hydrogen-bond acceptors (Lipinski definition) is 5. The highest BCUT2D eigenvalue weighted by molar-refractivity contribution is 5.57. The Bertz CT molecular complexity index is 504. The molecule has 0 aromatic heterocycles. The molecule has 1 aliphatic rings. The topological polar surface area (TPSA) is 88.2 Å². The Hall–Kier alpha value is -2.13. The summed E-state index contributed by atoms with van der Waals surface area (Å²) in [6, 6.07) is 6.38. The maximum atomic E-state index is 11.0. The summed E-state index contributed by atoms with van der Waals surface area (Å²) in [6.45, 7) is 2.31. The maximum absolute atomic E-state index is 11.0. The average Bonchev–Trinajstić information content (AvgIpc) is 2.45. The molecule has 6 nitrogen and oxygen atoms in total. The van der Waals surface area contributed by atoms with Crippen molar-refractivity contribution >= 4 is 5.69 Å². The maximum Gasteiger partial charge on any atom is 0.328 e. The van der Waals surface area contributed by atoms with Gasteiger partial charge in [0, 0.05) is 12.5 Å². The Morgan fingerprint density at radius 3 is 3.05 bits per heavy atom. The fraction of sp³-hybridized carbons (Fsp3) is 0.462. The van der Waals surface area contributed by atoms with Crippen LogP contribution in [-0.2, 0) is 0 Å². The molecule has 0 aliphatic carbocycles. The van der Waals surface area contributed by atoms with E-state index in [9.17, 15) is 10.1 Å². The van der Waals surface area contributed by atoms with Crippen LogP contribution >= 0.6 is 0 Å². The van der Waals surface area contributed by atoms with E-state index in [0.29, 0.717) is 12.5 Å². The summed E-state index contributed by atoms with van der Waals surface area (Å²) in [7, 11) is 0. The number of piperidine rings is 1. The van der Waals surface area contributed by atoms with Crippen LogP contribution in [0.15, 0.2) is 18.2 Å². The van der Waals surface area contributed by atoms with Gasteiger partial charge in [-0.25, -0.2) is 0 Å². The Balaban J connectivity index is 2.11. The second kappa shape index (κ2) is 6.16. The average molecular weight is 261 g/mol. The van der Waals surface area contributed by atoms with Crippen molar-refractivity contribution in [2.24, 2.45) is 5.92 Å². The number of benzene rings is 1. The molecule has 100 valence electrons. The molecule has 0 amide bonds. The molecule has 1 atom stereocenters. The van der Waals surface area contributed by atoms with Crippen LogP contribution in [0.25, 0.3) is 0 Å². The van der Waals surface area contributed by atoms with Crippen LogP contribution in [-0.4, -0.2) is 24.6 Å². The van der Waals surface area contributed by atoms with E-state index < -0.39 is 4.92 Å². The molecule has 1 saturated heterocycles. The lowest BCUT2D eigenvalue weighted by Crippen LogP contribution is -2.33. The van der Waals surface area contributed by atoms with E-state index in [2.05, 4.69) is 5.32 Å². The summed E-state index contributed by atoms with van der Waals surface area (Å²) in [5.41, 5.74) is -0.210. The van der Waals surface area contributed by atoms with Crippen molar-refractivity contribution in [2.75, 3.05) is 19.7 Å². The van der Waals surface area contributed by atoms with Crippen molar-refractivity contribution in [1.29, 1.82) is 5.26 Å². The minimum Gasteiger partial charge on any atom is -0.486 e. The van der Waals surface area contributed by atoms with E-state index in [1.807, 2.05) is 6.07 Å². The molecule has 1 aliphatic heterocycles. The van der Waals surface area contributed by atoms with E-state index in [1.54, 1.807) is 6.07 Å². The standard InChI is InChI=1S/C13H15N3O3/c14-7-11-4-1-5-12(13(11)16(17)18)19-9-10-3-2-6-15-8-10/h1,4-5,10,15H,2-3,6,8-9H2. The zero-order valence-corrected chi connectivity index (χ0v) is 10.5. The van der Waals surface area contributed by atoms with Gasteiger partial charge >= 0.3 is 5.69 Å². The predicted molar refractivity (Wildman–Crippen MR) is 68.9 cm³/mol. The van der Waals surface area contributed by atoms with Crippen LogP contribution in [0.5, 0.6) is 5.75 Å². The first-order valence-electron chi connectivity index (χ1n) is 6.23. The molecular formula is C13H15N3O3. The van der Waals surface area contributed by atoms with Gasteiger partial charge in [-0.3, -0.25) is 10.1 Å². The van der Waals surface area contributed by atoms with Gasteiger partial charge in [0.1, 0.15) is 11.6 Å². The van der Waals surface area contributed by atoms with Crippen LogP contribution in [0.3, 0.4) is 0 Å². The monoisotopic (exact) mass is 261 g/mol.